The van der Waals surface area contributed by atoms with Gasteiger partial charge in [0.25, 0.3) is 0 Å². The van der Waals surface area contributed by atoms with Crippen molar-refractivity contribution in [2.75, 3.05) is 13.1 Å². The SMILES string of the molecule is CCN(CC)C(=O)n1cc(F)c(S(=O)(=O)c2cccc(Cl)c2C)n1. The summed E-state index contributed by atoms with van der Waals surface area (Å²) in [7, 11) is -4.24. The summed E-state index contributed by atoms with van der Waals surface area (Å²) >= 11 is 5.94. The van der Waals surface area contributed by atoms with Gasteiger partial charge in [0, 0.05) is 18.1 Å². The van der Waals surface area contributed by atoms with Crippen LogP contribution in [0.4, 0.5) is 9.18 Å². The molecule has 130 valence electrons. The van der Waals surface area contributed by atoms with Gasteiger partial charge in [-0.1, -0.05) is 17.7 Å². The standard InChI is InChI=1S/C15H17ClFN3O3S/c1-4-19(5-2)15(21)20-9-12(17)14(18-20)24(22,23)13-8-6-7-11(16)10(13)3/h6-9H,4-5H2,1-3H3. The predicted molar refractivity (Wildman–Crippen MR) is 87.5 cm³/mol. The monoisotopic (exact) mass is 373 g/mol. The van der Waals surface area contributed by atoms with Gasteiger partial charge in [0.05, 0.1) is 11.1 Å². The second kappa shape index (κ2) is 6.90. The molecule has 0 N–H and O–H groups in total. The fourth-order valence-electron chi connectivity index (χ4n) is 2.24. The average molecular weight is 374 g/mol. The minimum absolute atomic E-state index is 0.144. The Kier molecular flexibility index (Phi) is 5.29. The maximum absolute atomic E-state index is 14.2. The van der Waals surface area contributed by atoms with Crippen LogP contribution in [-0.4, -0.2) is 42.2 Å². The van der Waals surface area contributed by atoms with Gasteiger partial charge in [-0.15, -0.1) is 5.10 Å². The van der Waals surface area contributed by atoms with Crippen molar-refractivity contribution in [2.24, 2.45) is 0 Å². The van der Waals surface area contributed by atoms with Crippen molar-refractivity contribution in [1.82, 2.24) is 14.7 Å². The first-order chi connectivity index (χ1) is 11.2. The Morgan fingerprint density at radius 3 is 2.54 bits per heavy atom. The molecule has 0 atom stereocenters. The van der Waals surface area contributed by atoms with E-state index in [4.69, 9.17) is 11.6 Å². The van der Waals surface area contributed by atoms with Gasteiger partial charge in [0.15, 0.2) is 5.82 Å². The lowest BCUT2D eigenvalue weighted by Crippen LogP contribution is -2.34. The molecule has 0 radical (unpaired) electrons. The molecule has 1 heterocycles. The molecule has 1 amide bonds. The lowest BCUT2D eigenvalue weighted by molar-refractivity contribution is 0.201. The zero-order chi connectivity index (χ0) is 18.1. The molecule has 0 aliphatic heterocycles. The van der Waals surface area contributed by atoms with Gasteiger partial charge in [-0.25, -0.2) is 17.6 Å². The highest BCUT2D eigenvalue weighted by atomic mass is 35.5. The summed E-state index contributed by atoms with van der Waals surface area (Å²) in [5.74, 6) is -1.09. The number of benzene rings is 1. The summed E-state index contributed by atoms with van der Waals surface area (Å²) in [4.78, 5) is 13.5. The Morgan fingerprint density at radius 2 is 1.96 bits per heavy atom. The third kappa shape index (κ3) is 3.16. The van der Waals surface area contributed by atoms with Gasteiger partial charge in [0.1, 0.15) is 0 Å². The number of halogens is 2. The number of sulfone groups is 1. The summed E-state index contributed by atoms with van der Waals surface area (Å²) in [5, 5.41) is 3.11. The molecule has 9 heteroatoms. The maximum Gasteiger partial charge on any atom is 0.344 e. The van der Waals surface area contributed by atoms with Gasteiger partial charge < -0.3 is 4.90 Å². The Balaban J connectivity index is 2.53. The normalized spacial score (nSPS) is 11.5. The van der Waals surface area contributed by atoms with E-state index in [0.717, 1.165) is 6.20 Å². The first-order valence-electron chi connectivity index (χ1n) is 7.28. The van der Waals surface area contributed by atoms with Crippen LogP contribution in [-0.2, 0) is 9.84 Å². The van der Waals surface area contributed by atoms with E-state index in [2.05, 4.69) is 5.10 Å². The summed E-state index contributed by atoms with van der Waals surface area (Å²) in [6.07, 6.45) is 0.771. The molecule has 0 aliphatic carbocycles. The molecular weight excluding hydrogens is 357 g/mol. The summed E-state index contributed by atoms with van der Waals surface area (Å²) in [6.45, 7) is 5.83. The van der Waals surface area contributed by atoms with Crippen LogP contribution in [0.15, 0.2) is 34.3 Å². The molecule has 0 saturated heterocycles. The third-order valence-corrected chi connectivity index (χ3v) is 5.85. The van der Waals surface area contributed by atoms with Crippen LogP contribution in [0.25, 0.3) is 0 Å². The van der Waals surface area contributed by atoms with Crippen LogP contribution >= 0.6 is 11.6 Å². The van der Waals surface area contributed by atoms with Gasteiger partial charge in [-0.2, -0.15) is 4.68 Å². The van der Waals surface area contributed by atoms with Gasteiger partial charge >= 0.3 is 6.03 Å². The van der Waals surface area contributed by atoms with Crippen molar-refractivity contribution >= 4 is 27.5 Å². The molecule has 0 bridgehead atoms. The maximum atomic E-state index is 14.2. The molecule has 6 nitrogen and oxygen atoms in total. The lowest BCUT2D eigenvalue weighted by atomic mass is 10.2. The van der Waals surface area contributed by atoms with E-state index < -0.39 is 26.7 Å². The Morgan fingerprint density at radius 1 is 1.33 bits per heavy atom. The zero-order valence-corrected chi connectivity index (χ0v) is 15.0. The number of nitrogens with zero attached hydrogens (tertiary/aromatic N) is 3. The second-order valence-electron chi connectivity index (χ2n) is 5.05. The highest BCUT2D eigenvalue weighted by Crippen LogP contribution is 2.28. The predicted octanol–water partition coefficient (Wildman–Crippen LogP) is 3.13. The summed E-state index contributed by atoms with van der Waals surface area (Å²) in [6, 6.07) is 3.72. The first kappa shape index (κ1) is 18.4. The number of hydrogen-bond donors (Lipinski definition) is 0. The van der Waals surface area contributed by atoms with Crippen LogP contribution in [0.3, 0.4) is 0 Å². The van der Waals surface area contributed by atoms with Gasteiger partial charge in [-0.3, -0.25) is 0 Å². The molecule has 1 aromatic heterocycles. The molecule has 24 heavy (non-hydrogen) atoms. The van der Waals surface area contributed by atoms with E-state index in [9.17, 15) is 17.6 Å². The molecule has 2 rings (SSSR count). The van der Waals surface area contributed by atoms with Crippen molar-refractivity contribution in [3.63, 3.8) is 0 Å². The highest BCUT2D eigenvalue weighted by molar-refractivity contribution is 7.91. The zero-order valence-electron chi connectivity index (χ0n) is 13.5. The van der Waals surface area contributed by atoms with Crippen molar-refractivity contribution in [3.05, 3.63) is 40.8 Å². The van der Waals surface area contributed by atoms with Crippen LogP contribution in [0, 0.1) is 12.7 Å². The second-order valence-corrected chi connectivity index (χ2v) is 7.29. The minimum Gasteiger partial charge on any atom is -0.323 e. The topological polar surface area (TPSA) is 72.3 Å². The molecule has 0 spiro atoms. The number of hydrogen-bond acceptors (Lipinski definition) is 4. The minimum atomic E-state index is -4.24. The largest absolute Gasteiger partial charge is 0.344 e. The Hall–Kier alpha value is -1.93. The average Bonchev–Trinajstić information content (AvgIpc) is 2.93. The Bertz CT molecular complexity index is 876. The molecular formula is C15H17ClFN3O3S. The van der Waals surface area contributed by atoms with Gasteiger partial charge in [-0.05, 0) is 38.5 Å². The van der Waals surface area contributed by atoms with Gasteiger partial charge in [0.2, 0.25) is 14.9 Å². The number of aromatic nitrogens is 2. The fraction of sp³-hybridized carbons (Fsp3) is 0.333. The molecule has 1 aromatic carbocycles. The Labute approximate surface area is 144 Å². The number of carbonyl (C=O) groups is 1. The van der Waals surface area contributed by atoms with E-state index in [1.54, 1.807) is 13.8 Å². The summed E-state index contributed by atoms with van der Waals surface area (Å²) < 4.78 is 40.2. The molecule has 0 fully saturated rings. The van der Waals surface area contributed by atoms with E-state index >= 15 is 0 Å². The van der Waals surface area contributed by atoms with Crippen LogP contribution < -0.4 is 0 Å². The summed E-state index contributed by atoms with van der Waals surface area (Å²) in [5.41, 5.74) is 0.295. The van der Waals surface area contributed by atoms with Crippen molar-refractivity contribution < 1.29 is 17.6 Å². The van der Waals surface area contributed by atoms with Crippen molar-refractivity contribution in [3.8, 4) is 0 Å². The number of rotatable bonds is 4. The molecule has 0 unspecified atom stereocenters. The molecule has 0 aliphatic rings. The lowest BCUT2D eigenvalue weighted by Gasteiger charge is -2.17. The smallest absolute Gasteiger partial charge is 0.323 e. The number of carbonyl (C=O) groups excluding carboxylic acids is 1. The van der Waals surface area contributed by atoms with E-state index in [1.807, 2.05) is 0 Å². The quantitative estimate of drug-likeness (QED) is 0.825. The molecule has 2 aromatic rings. The van der Waals surface area contributed by atoms with E-state index in [-0.39, 0.29) is 9.92 Å². The van der Waals surface area contributed by atoms with Crippen LogP contribution in [0.5, 0.6) is 0 Å². The third-order valence-electron chi connectivity index (χ3n) is 3.63. The van der Waals surface area contributed by atoms with Crippen molar-refractivity contribution in [1.29, 1.82) is 0 Å². The van der Waals surface area contributed by atoms with Crippen LogP contribution in [0.2, 0.25) is 5.02 Å². The van der Waals surface area contributed by atoms with Crippen LogP contribution in [0.1, 0.15) is 19.4 Å². The first-order valence-corrected chi connectivity index (χ1v) is 9.14. The number of amides is 1. The fourth-order valence-corrected chi connectivity index (χ4v) is 3.95. The molecule has 0 saturated carbocycles. The van der Waals surface area contributed by atoms with E-state index in [1.165, 1.54) is 30.0 Å². The highest BCUT2D eigenvalue weighted by Gasteiger charge is 2.29. The van der Waals surface area contributed by atoms with Crippen molar-refractivity contribution in [2.45, 2.75) is 30.7 Å². The van der Waals surface area contributed by atoms with E-state index in [0.29, 0.717) is 23.3 Å².